The monoisotopic (exact) mass is 462 g/mol. The minimum absolute atomic E-state index is 0.0730. The number of hydrogen-bond donors (Lipinski definition) is 2. The van der Waals surface area contributed by atoms with Crippen molar-refractivity contribution in [3.8, 4) is 0 Å². The van der Waals surface area contributed by atoms with E-state index in [1.165, 1.54) is 0 Å². The molecule has 1 aliphatic rings. The van der Waals surface area contributed by atoms with Crippen molar-refractivity contribution in [3.05, 3.63) is 106 Å². The summed E-state index contributed by atoms with van der Waals surface area (Å²) in [5.74, 6) is -0.827. The summed E-state index contributed by atoms with van der Waals surface area (Å²) in [5.41, 5.74) is 3.67. The maximum absolute atomic E-state index is 13.7. The van der Waals surface area contributed by atoms with Crippen molar-refractivity contribution in [3.63, 3.8) is 0 Å². The lowest BCUT2D eigenvalue weighted by Gasteiger charge is -2.42. The lowest BCUT2D eigenvalue weighted by atomic mass is 9.78. The average molecular weight is 463 g/mol. The van der Waals surface area contributed by atoms with Crippen molar-refractivity contribution in [2.45, 2.75) is 38.5 Å². The average Bonchev–Trinajstić information content (AvgIpc) is 2.85. The Hall–Kier alpha value is -3.15. The second kappa shape index (κ2) is 10.2. The molecule has 0 aromatic heterocycles. The van der Waals surface area contributed by atoms with Gasteiger partial charge in [0.1, 0.15) is 0 Å². The molecule has 0 unspecified atom stereocenters. The first-order chi connectivity index (χ1) is 16.0. The van der Waals surface area contributed by atoms with Gasteiger partial charge in [-0.2, -0.15) is 0 Å². The zero-order chi connectivity index (χ0) is 23.4. The van der Waals surface area contributed by atoms with E-state index in [1.54, 1.807) is 17.0 Å². The van der Waals surface area contributed by atoms with Crippen molar-refractivity contribution in [2.75, 3.05) is 6.54 Å². The molecule has 5 nitrogen and oxygen atoms in total. The molecule has 4 rings (SSSR count). The third-order valence-electron chi connectivity index (χ3n) is 6.07. The number of amides is 2. The number of aliphatic hydroxyl groups is 1. The first kappa shape index (κ1) is 23.0. The second-order valence-corrected chi connectivity index (χ2v) is 8.63. The summed E-state index contributed by atoms with van der Waals surface area (Å²) in [6, 6.07) is 21.7. The standard InChI is InChI=1S/C27H27ClN2O3/c1-2-15-29-26(32)24-21-8-4-5-9-22(21)27(33)30(16-20-7-3-6-10-23(20)28)25(24)19-13-11-18(17-31)12-14-19/h3-14,24-25,31H,2,15-17H2,1H3,(H,29,32)/t24-,25+/m1/s1. The van der Waals surface area contributed by atoms with Crippen molar-refractivity contribution < 1.29 is 14.7 Å². The number of nitrogens with zero attached hydrogens (tertiary/aromatic N) is 1. The van der Waals surface area contributed by atoms with Crippen molar-refractivity contribution in [2.24, 2.45) is 0 Å². The number of nitrogens with one attached hydrogen (secondary N) is 1. The lowest BCUT2D eigenvalue weighted by molar-refractivity contribution is -0.124. The zero-order valence-corrected chi connectivity index (χ0v) is 19.3. The summed E-state index contributed by atoms with van der Waals surface area (Å²) in [7, 11) is 0. The summed E-state index contributed by atoms with van der Waals surface area (Å²) in [6.45, 7) is 2.77. The van der Waals surface area contributed by atoms with Crippen LogP contribution in [0.2, 0.25) is 5.02 Å². The Bertz CT molecular complexity index is 1150. The van der Waals surface area contributed by atoms with Crippen LogP contribution in [0.1, 0.15) is 57.9 Å². The molecule has 0 radical (unpaired) electrons. The fraction of sp³-hybridized carbons (Fsp3) is 0.259. The van der Waals surface area contributed by atoms with Gasteiger partial charge in [-0.25, -0.2) is 0 Å². The topological polar surface area (TPSA) is 69.6 Å². The first-order valence-electron chi connectivity index (χ1n) is 11.2. The van der Waals surface area contributed by atoms with E-state index in [0.29, 0.717) is 17.1 Å². The van der Waals surface area contributed by atoms with E-state index in [0.717, 1.165) is 28.7 Å². The molecule has 0 saturated carbocycles. The van der Waals surface area contributed by atoms with Gasteiger partial charge < -0.3 is 15.3 Å². The molecule has 0 spiro atoms. The summed E-state index contributed by atoms with van der Waals surface area (Å²) < 4.78 is 0. The van der Waals surface area contributed by atoms with Gasteiger partial charge >= 0.3 is 0 Å². The third kappa shape index (κ3) is 4.65. The Morgan fingerprint density at radius 2 is 1.73 bits per heavy atom. The predicted octanol–water partition coefficient (Wildman–Crippen LogP) is 4.84. The minimum atomic E-state index is -0.576. The van der Waals surface area contributed by atoms with Crippen LogP contribution in [-0.4, -0.2) is 28.4 Å². The van der Waals surface area contributed by atoms with Crippen LogP contribution < -0.4 is 5.32 Å². The normalized spacial score (nSPS) is 17.5. The largest absolute Gasteiger partial charge is 0.392 e. The lowest BCUT2D eigenvalue weighted by Crippen LogP contribution is -2.47. The van der Waals surface area contributed by atoms with Gasteiger partial charge in [0.25, 0.3) is 5.91 Å². The fourth-order valence-corrected chi connectivity index (χ4v) is 4.61. The van der Waals surface area contributed by atoms with Gasteiger partial charge in [0, 0.05) is 23.7 Å². The van der Waals surface area contributed by atoms with Crippen molar-refractivity contribution in [1.29, 1.82) is 0 Å². The molecule has 0 fully saturated rings. The fourth-order valence-electron chi connectivity index (χ4n) is 4.41. The highest BCUT2D eigenvalue weighted by Crippen LogP contribution is 2.44. The van der Waals surface area contributed by atoms with Crippen LogP contribution in [0.15, 0.2) is 72.8 Å². The first-order valence-corrected chi connectivity index (χ1v) is 11.5. The summed E-state index contributed by atoms with van der Waals surface area (Å²) in [6.07, 6.45) is 0.818. The third-order valence-corrected chi connectivity index (χ3v) is 6.44. The zero-order valence-electron chi connectivity index (χ0n) is 18.5. The maximum atomic E-state index is 13.7. The number of rotatable bonds is 7. The number of carbonyl (C=O) groups excluding carboxylic acids is 2. The molecular formula is C27H27ClN2O3. The number of carbonyl (C=O) groups is 2. The minimum Gasteiger partial charge on any atom is -0.392 e. The quantitative estimate of drug-likeness (QED) is 0.528. The number of fused-ring (bicyclic) bond motifs is 1. The Morgan fingerprint density at radius 3 is 2.42 bits per heavy atom. The molecule has 6 heteroatoms. The molecule has 1 aliphatic heterocycles. The molecule has 33 heavy (non-hydrogen) atoms. The van der Waals surface area contributed by atoms with Gasteiger partial charge in [0.15, 0.2) is 0 Å². The van der Waals surface area contributed by atoms with E-state index >= 15 is 0 Å². The summed E-state index contributed by atoms with van der Waals surface area (Å²) in [4.78, 5) is 29.0. The van der Waals surface area contributed by atoms with Crippen LogP contribution in [0.5, 0.6) is 0 Å². The van der Waals surface area contributed by atoms with E-state index in [1.807, 2.05) is 67.6 Å². The molecular weight excluding hydrogens is 436 g/mol. The molecule has 3 aromatic rings. The van der Waals surface area contributed by atoms with Gasteiger partial charge in [-0.15, -0.1) is 0 Å². The Labute approximate surface area is 199 Å². The van der Waals surface area contributed by atoms with Crippen LogP contribution in [0.4, 0.5) is 0 Å². The van der Waals surface area contributed by atoms with E-state index in [9.17, 15) is 14.7 Å². The number of hydrogen-bond acceptors (Lipinski definition) is 3. The number of aliphatic hydroxyl groups excluding tert-OH is 1. The van der Waals surface area contributed by atoms with Gasteiger partial charge in [0.05, 0.1) is 18.6 Å². The molecule has 1 heterocycles. The molecule has 2 N–H and O–H groups in total. The SMILES string of the molecule is CCCNC(=O)[C@@H]1c2ccccc2C(=O)N(Cc2ccccc2Cl)[C@H]1c1ccc(CO)cc1. The Kier molecular flexibility index (Phi) is 7.11. The summed E-state index contributed by atoms with van der Waals surface area (Å²) in [5, 5.41) is 13.1. The van der Waals surface area contributed by atoms with Gasteiger partial charge in [-0.3, -0.25) is 9.59 Å². The van der Waals surface area contributed by atoms with E-state index in [2.05, 4.69) is 5.32 Å². The van der Waals surface area contributed by atoms with Crippen LogP contribution in [0.3, 0.4) is 0 Å². The van der Waals surface area contributed by atoms with Crippen LogP contribution in [0, 0.1) is 0 Å². The van der Waals surface area contributed by atoms with Crippen molar-refractivity contribution in [1.82, 2.24) is 10.2 Å². The maximum Gasteiger partial charge on any atom is 0.255 e. The molecule has 170 valence electrons. The van der Waals surface area contributed by atoms with Crippen LogP contribution in [0.25, 0.3) is 0 Å². The molecule has 0 bridgehead atoms. The van der Waals surface area contributed by atoms with E-state index in [-0.39, 0.29) is 25.0 Å². The second-order valence-electron chi connectivity index (χ2n) is 8.22. The molecule has 0 saturated heterocycles. The predicted molar refractivity (Wildman–Crippen MR) is 129 cm³/mol. The van der Waals surface area contributed by atoms with Crippen LogP contribution >= 0.6 is 11.6 Å². The Balaban J connectivity index is 1.87. The highest BCUT2D eigenvalue weighted by molar-refractivity contribution is 6.31. The number of halogens is 1. The van der Waals surface area contributed by atoms with Gasteiger partial charge in [-0.1, -0.05) is 79.2 Å². The molecule has 3 aromatic carbocycles. The Morgan fingerprint density at radius 1 is 1.03 bits per heavy atom. The highest BCUT2D eigenvalue weighted by atomic mass is 35.5. The van der Waals surface area contributed by atoms with Crippen LogP contribution in [-0.2, 0) is 17.9 Å². The summed E-state index contributed by atoms with van der Waals surface area (Å²) >= 11 is 6.45. The molecule has 2 amide bonds. The van der Waals surface area contributed by atoms with Crippen molar-refractivity contribution >= 4 is 23.4 Å². The smallest absolute Gasteiger partial charge is 0.255 e. The van der Waals surface area contributed by atoms with E-state index in [4.69, 9.17) is 11.6 Å². The highest BCUT2D eigenvalue weighted by Gasteiger charge is 2.44. The molecule has 2 atom stereocenters. The van der Waals surface area contributed by atoms with Gasteiger partial charge in [-0.05, 0) is 40.8 Å². The van der Waals surface area contributed by atoms with Gasteiger partial charge in [0.2, 0.25) is 5.91 Å². The van der Waals surface area contributed by atoms with E-state index < -0.39 is 12.0 Å². The molecule has 0 aliphatic carbocycles. The number of benzene rings is 3.